The fraction of sp³-hybridized carbons (Fsp3) is 0.462. The molecular weight excluding hydrogens is 220 g/mol. The molecule has 1 saturated carbocycles. The molecule has 2 nitrogen and oxygen atoms in total. The highest BCUT2D eigenvalue weighted by Crippen LogP contribution is 2.26. The van der Waals surface area contributed by atoms with Crippen LogP contribution in [0.25, 0.3) is 0 Å². The maximum Gasteiger partial charge on any atom is 0.101 e. The van der Waals surface area contributed by atoms with Crippen LogP contribution in [0.5, 0.6) is 0 Å². The van der Waals surface area contributed by atoms with Gasteiger partial charge in [-0.1, -0.05) is 37.6 Å². The van der Waals surface area contributed by atoms with Gasteiger partial charge in [0.2, 0.25) is 0 Å². The zero-order valence-corrected chi connectivity index (χ0v) is 10.7. The summed E-state index contributed by atoms with van der Waals surface area (Å²) in [4.78, 5) is 0. The van der Waals surface area contributed by atoms with Crippen LogP contribution >= 0.6 is 11.6 Å². The first-order valence-corrected chi connectivity index (χ1v) is 6.00. The zero-order valence-electron chi connectivity index (χ0n) is 9.91. The minimum absolute atomic E-state index is 0.514. The Bertz CT molecular complexity index is 327. The average Bonchev–Trinajstić information content (AvgIpc) is 3.17. The maximum atomic E-state index is 8.38. The van der Waals surface area contributed by atoms with E-state index in [1.54, 1.807) is 24.3 Å². The molecule has 3 heteroatoms. The molecule has 0 radical (unpaired) electrons. The van der Waals surface area contributed by atoms with E-state index in [1.165, 1.54) is 12.8 Å². The summed E-state index contributed by atoms with van der Waals surface area (Å²) in [5.74, 6) is 0.912. The Morgan fingerprint density at radius 1 is 1.38 bits per heavy atom. The molecule has 0 amide bonds. The molecule has 1 aromatic carbocycles. The lowest BCUT2D eigenvalue weighted by molar-refractivity contribution is 0.847. The van der Waals surface area contributed by atoms with E-state index in [2.05, 4.69) is 0 Å². The van der Waals surface area contributed by atoms with Gasteiger partial charge in [0, 0.05) is 0 Å². The lowest BCUT2D eigenvalue weighted by atomic mass is 10.2. The third-order valence-electron chi connectivity index (χ3n) is 2.02. The minimum atomic E-state index is 0.514. The van der Waals surface area contributed by atoms with E-state index in [0.29, 0.717) is 10.6 Å². The highest BCUT2D eigenvalue weighted by atomic mass is 35.5. The van der Waals surface area contributed by atoms with Gasteiger partial charge >= 0.3 is 0 Å². The van der Waals surface area contributed by atoms with Crippen molar-refractivity contribution in [2.75, 3.05) is 6.54 Å². The average molecular weight is 239 g/mol. The van der Waals surface area contributed by atoms with Gasteiger partial charge in [0.15, 0.2) is 0 Å². The maximum absolute atomic E-state index is 8.38. The molecule has 0 spiro atoms. The van der Waals surface area contributed by atoms with Crippen LogP contribution in [-0.2, 0) is 0 Å². The molecule has 0 aliphatic heterocycles. The lowest BCUT2D eigenvalue weighted by Crippen LogP contribution is -1.98. The van der Waals surface area contributed by atoms with Crippen LogP contribution in [0.4, 0.5) is 0 Å². The Balaban J connectivity index is 0.000000272. The van der Waals surface area contributed by atoms with E-state index in [1.807, 2.05) is 19.9 Å². The molecule has 0 bridgehead atoms. The fourth-order valence-corrected chi connectivity index (χ4v) is 1.08. The Hall–Kier alpha value is -1.04. The third-order valence-corrected chi connectivity index (χ3v) is 2.35. The molecular formula is C13H19ClN2. The number of hydrogen-bond donors (Lipinski definition) is 1. The van der Waals surface area contributed by atoms with Crippen molar-refractivity contribution < 1.29 is 0 Å². The number of nitrogens with two attached hydrogens (primary N) is 1. The summed E-state index contributed by atoms with van der Waals surface area (Å²) in [6.45, 7) is 4.92. The normalized spacial score (nSPS) is 12.4. The van der Waals surface area contributed by atoms with Crippen LogP contribution < -0.4 is 5.73 Å². The number of rotatable bonds is 1. The summed E-state index contributed by atoms with van der Waals surface area (Å²) >= 11 is 5.60. The van der Waals surface area contributed by atoms with Crippen molar-refractivity contribution >= 4 is 11.6 Å². The Morgan fingerprint density at radius 3 is 2.19 bits per heavy atom. The van der Waals surface area contributed by atoms with E-state index in [4.69, 9.17) is 22.6 Å². The molecule has 0 aromatic heterocycles. The molecule has 0 saturated heterocycles. The molecule has 0 atom stereocenters. The lowest BCUT2D eigenvalue weighted by Gasteiger charge is -1.88. The van der Waals surface area contributed by atoms with Crippen molar-refractivity contribution in [3.05, 3.63) is 34.9 Å². The summed E-state index contributed by atoms with van der Waals surface area (Å²) in [5, 5.41) is 8.90. The van der Waals surface area contributed by atoms with E-state index in [-0.39, 0.29) is 0 Å². The predicted molar refractivity (Wildman–Crippen MR) is 69.3 cm³/mol. The first-order chi connectivity index (χ1) is 7.77. The molecule has 1 fully saturated rings. The summed E-state index contributed by atoms with van der Waals surface area (Å²) in [5.41, 5.74) is 5.76. The molecule has 2 N–H and O–H groups in total. The molecule has 1 aliphatic rings. The van der Waals surface area contributed by atoms with Gasteiger partial charge in [0.25, 0.3) is 0 Å². The predicted octanol–water partition coefficient (Wildman–Crippen LogP) is 3.59. The van der Waals surface area contributed by atoms with Crippen molar-refractivity contribution in [1.29, 1.82) is 5.26 Å². The zero-order chi connectivity index (χ0) is 12.4. The molecule has 1 aromatic rings. The van der Waals surface area contributed by atoms with Crippen molar-refractivity contribution in [1.82, 2.24) is 0 Å². The standard InChI is InChI=1S/C7H4ClN.C4H9N.C2H6/c8-7-4-2-1-3-6(7)5-9;5-3-4-1-2-4;1-2/h1-4H;4H,1-3,5H2;1-2H3. The fourth-order valence-electron chi connectivity index (χ4n) is 0.905. The van der Waals surface area contributed by atoms with Crippen LogP contribution in [0, 0.1) is 17.2 Å². The molecule has 1 aliphatic carbocycles. The highest BCUT2D eigenvalue weighted by Gasteiger charge is 2.17. The number of nitriles is 1. The SMILES string of the molecule is CC.N#Cc1ccccc1Cl.NCC1CC1. The minimum Gasteiger partial charge on any atom is -0.330 e. The van der Waals surface area contributed by atoms with E-state index < -0.39 is 0 Å². The molecule has 0 heterocycles. The Morgan fingerprint density at radius 2 is 1.94 bits per heavy atom. The van der Waals surface area contributed by atoms with E-state index >= 15 is 0 Å². The van der Waals surface area contributed by atoms with Crippen molar-refractivity contribution in [2.45, 2.75) is 26.7 Å². The molecule has 2 rings (SSSR count). The van der Waals surface area contributed by atoms with Gasteiger partial charge in [-0.25, -0.2) is 0 Å². The summed E-state index contributed by atoms with van der Waals surface area (Å²) in [7, 11) is 0. The van der Waals surface area contributed by atoms with Gasteiger partial charge in [0.1, 0.15) is 6.07 Å². The van der Waals surface area contributed by atoms with Gasteiger partial charge in [-0.2, -0.15) is 5.26 Å². The monoisotopic (exact) mass is 238 g/mol. The van der Waals surface area contributed by atoms with Crippen LogP contribution in [0.3, 0.4) is 0 Å². The van der Waals surface area contributed by atoms with Crippen molar-refractivity contribution in [3.8, 4) is 6.07 Å². The Labute approximate surface area is 103 Å². The second kappa shape index (κ2) is 9.21. The summed E-state index contributed by atoms with van der Waals surface area (Å²) in [6.07, 6.45) is 2.77. The van der Waals surface area contributed by atoms with Gasteiger partial charge in [-0.05, 0) is 37.4 Å². The smallest absolute Gasteiger partial charge is 0.101 e. The largest absolute Gasteiger partial charge is 0.330 e. The van der Waals surface area contributed by atoms with Crippen molar-refractivity contribution in [3.63, 3.8) is 0 Å². The molecule has 16 heavy (non-hydrogen) atoms. The topological polar surface area (TPSA) is 49.8 Å². The number of halogens is 1. The van der Waals surface area contributed by atoms with Gasteiger partial charge in [-0.3, -0.25) is 0 Å². The van der Waals surface area contributed by atoms with Gasteiger partial charge < -0.3 is 5.73 Å². The third kappa shape index (κ3) is 6.44. The first-order valence-electron chi connectivity index (χ1n) is 5.62. The number of hydrogen-bond acceptors (Lipinski definition) is 2. The van der Waals surface area contributed by atoms with Gasteiger partial charge in [0.05, 0.1) is 10.6 Å². The summed E-state index contributed by atoms with van der Waals surface area (Å²) < 4.78 is 0. The number of benzene rings is 1. The number of nitrogens with zero attached hydrogens (tertiary/aromatic N) is 1. The van der Waals surface area contributed by atoms with Crippen LogP contribution in [0.2, 0.25) is 5.02 Å². The summed E-state index contributed by atoms with van der Waals surface area (Å²) in [6, 6.07) is 8.92. The highest BCUT2D eigenvalue weighted by molar-refractivity contribution is 6.31. The van der Waals surface area contributed by atoms with Crippen LogP contribution in [-0.4, -0.2) is 6.54 Å². The van der Waals surface area contributed by atoms with E-state index in [9.17, 15) is 0 Å². The quantitative estimate of drug-likeness (QED) is 0.813. The molecule has 88 valence electrons. The second-order valence-corrected chi connectivity index (χ2v) is 3.68. The van der Waals surface area contributed by atoms with E-state index in [0.717, 1.165) is 12.5 Å². The molecule has 0 unspecified atom stereocenters. The van der Waals surface area contributed by atoms with Crippen LogP contribution in [0.1, 0.15) is 32.3 Å². The van der Waals surface area contributed by atoms with Gasteiger partial charge in [-0.15, -0.1) is 0 Å². The Kier molecular flexibility index (Phi) is 8.61. The first kappa shape index (κ1) is 15.0. The van der Waals surface area contributed by atoms with Crippen molar-refractivity contribution in [2.24, 2.45) is 11.7 Å². The van der Waals surface area contributed by atoms with Crippen LogP contribution in [0.15, 0.2) is 24.3 Å². The second-order valence-electron chi connectivity index (χ2n) is 3.27.